The molecule has 3 rings (SSSR count). The molecular weight excluding hydrogens is 252 g/mol. The summed E-state index contributed by atoms with van der Waals surface area (Å²) in [4.78, 5) is 0.253. The molecular formula is C11H18N4O2S. The van der Waals surface area contributed by atoms with Crippen LogP contribution in [-0.2, 0) is 10.0 Å². The third kappa shape index (κ3) is 1.54. The first-order valence-corrected chi connectivity index (χ1v) is 7.60. The Kier molecular flexibility index (Phi) is 2.55. The van der Waals surface area contributed by atoms with Crippen LogP contribution < -0.4 is 5.32 Å². The predicted molar refractivity (Wildman–Crippen MR) is 66.4 cm³/mol. The number of nitrogens with zero attached hydrogens (tertiary/aromatic N) is 2. The number of aromatic amines is 1. The second-order valence-electron chi connectivity index (χ2n) is 5.65. The maximum atomic E-state index is 12.6. The summed E-state index contributed by atoms with van der Waals surface area (Å²) in [7, 11) is -3.43. The monoisotopic (exact) mass is 270 g/mol. The highest BCUT2D eigenvalue weighted by Gasteiger charge is 2.54. The minimum atomic E-state index is -3.43. The van der Waals surface area contributed by atoms with Gasteiger partial charge in [-0.2, -0.15) is 9.40 Å². The molecule has 2 saturated heterocycles. The smallest absolute Gasteiger partial charge is 0.246 e. The Morgan fingerprint density at radius 3 is 2.83 bits per heavy atom. The number of rotatable bonds is 2. The third-order valence-corrected chi connectivity index (χ3v) is 6.37. The molecule has 2 atom stereocenters. The van der Waals surface area contributed by atoms with Crippen molar-refractivity contribution in [1.29, 1.82) is 0 Å². The van der Waals surface area contributed by atoms with Gasteiger partial charge >= 0.3 is 0 Å². The maximum Gasteiger partial charge on any atom is 0.246 e. The second kappa shape index (κ2) is 3.79. The highest BCUT2D eigenvalue weighted by Crippen LogP contribution is 2.43. The van der Waals surface area contributed by atoms with E-state index in [9.17, 15) is 8.42 Å². The van der Waals surface area contributed by atoms with Crippen molar-refractivity contribution in [3.05, 3.63) is 12.4 Å². The average molecular weight is 270 g/mol. The standard InChI is InChI=1S/C11H18N4O2S/c1-11(2)10-6-12-3-8(10)7-15(11)18(16,17)9-4-13-14-5-9/h4-5,8,10,12H,3,6-7H2,1-2H3,(H,13,14). The van der Waals surface area contributed by atoms with Crippen molar-refractivity contribution in [3.63, 3.8) is 0 Å². The topological polar surface area (TPSA) is 78.1 Å². The molecule has 2 aliphatic heterocycles. The molecule has 1 aromatic heterocycles. The zero-order valence-electron chi connectivity index (χ0n) is 10.5. The zero-order chi connectivity index (χ0) is 13.0. The van der Waals surface area contributed by atoms with E-state index in [-0.39, 0.29) is 10.4 Å². The Morgan fingerprint density at radius 2 is 2.22 bits per heavy atom. The lowest BCUT2D eigenvalue weighted by molar-refractivity contribution is 0.233. The first kappa shape index (κ1) is 12.1. The number of hydrogen-bond donors (Lipinski definition) is 2. The van der Waals surface area contributed by atoms with Gasteiger partial charge in [-0.15, -0.1) is 0 Å². The summed E-state index contributed by atoms with van der Waals surface area (Å²) in [6.07, 6.45) is 2.82. The van der Waals surface area contributed by atoms with Gasteiger partial charge in [0.15, 0.2) is 0 Å². The van der Waals surface area contributed by atoms with E-state index < -0.39 is 10.0 Å². The molecule has 2 unspecified atom stereocenters. The Labute approximate surface area is 107 Å². The summed E-state index contributed by atoms with van der Waals surface area (Å²) in [6.45, 7) is 6.43. The first-order valence-electron chi connectivity index (χ1n) is 6.16. The average Bonchev–Trinajstić information content (AvgIpc) is 2.97. The van der Waals surface area contributed by atoms with Gasteiger partial charge in [-0.05, 0) is 32.2 Å². The van der Waals surface area contributed by atoms with E-state index in [0.717, 1.165) is 13.1 Å². The molecule has 100 valence electrons. The Morgan fingerprint density at radius 1 is 1.44 bits per heavy atom. The van der Waals surface area contributed by atoms with Crippen molar-refractivity contribution in [2.75, 3.05) is 19.6 Å². The molecule has 2 aliphatic rings. The van der Waals surface area contributed by atoms with E-state index >= 15 is 0 Å². The van der Waals surface area contributed by atoms with Crippen molar-refractivity contribution >= 4 is 10.0 Å². The normalized spacial score (nSPS) is 31.7. The quantitative estimate of drug-likeness (QED) is 0.794. The molecule has 2 N–H and O–H groups in total. The molecule has 0 saturated carbocycles. The van der Waals surface area contributed by atoms with Gasteiger partial charge in [-0.25, -0.2) is 8.42 Å². The number of sulfonamides is 1. The van der Waals surface area contributed by atoms with Crippen molar-refractivity contribution in [2.45, 2.75) is 24.3 Å². The van der Waals surface area contributed by atoms with Crippen LogP contribution in [0.1, 0.15) is 13.8 Å². The predicted octanol–water partition coefficient (Wildman–Crippen LogP) is 0.0282. The lowest BCUT2D eigenvalue weighted by Crippen LogP contribution is -2.47. The van der Waals surface area contributed by atoms with Crippen LogP contribution in [0.2, 0.25) is 0 Å². The van der Waals surface area contributed by atoms with E-state index in [4.69, 9.17) is 0 Å². The second-order valence-corrected chi connectivity index (χ2v) is 7.51. The van der Waals surface area contributed by atoms with Gasteiger partial charge in [0.25, 0.3) is 0 Å². The maximum absolute atomic E-state index is 12.6. The summed E-state index contributed by atoms with van der Waals surface area (Å²) >= 11 is 0. The summed E-state index contributed by atoms with van der Waals surface area (Å²) in [5.74, 6) is 0.806. The molecule has 0 amide bonds. The molecule has 0 bridgehead atoms. The van der Waals surface area contributed by atoms with Gasteiger partial charge in [0.05, 0.1) is 6.20 Å². The summed E-state index contributed by atoms with van der Waals surface area (Å²) < 4.78 is 26.8. The molecule has 7 heteroatoms. The molecule has 0 radical (unpaired) electrons. The summed E-state index contributed by atoms with van der Waals surface area (Å²) in [6, 6.07) is 0. The number of H-pyrrole nitrogens is 1. The van der Waals surface area contributed by atoms with Gasteiger partial charge in [0.1, 0.15) is 4.90 Å². The van der Waals surface area contributed by atoms with E-state index in [2.05, 4.69) is 15.5 Å². The lowest BCUT2D eigenvalue weighted by Gasteiger charge is -2.34. The highest BCUT2D eigenvalue weighted by molar-refractivity contribution is 7.89. The Bertz CT molecular complexity index is 537. The van der Waals surface area contributed by atoms with E-state index in [1.807, 2.05) is 13.8 Å². The molecule has 18 heavy (non-hydrogen) atoms. The molecule has 3 heterocycles. The molecule has 0 spiro atoms. The first-order chi connectivity index (χ1) is 8.44. The zero-order valence-corrected chi connectivity index (χ0v) is 11.4. The van der Waals surface area contributed by atoms with Crippen LogP contribution in [0.25, 0.3) is 0 Å². The van der Waals surface area contributed by atoms with Crippen LogP contribution in [-0.4, -0.2) is 48.1 Å². The SMILES string of the molecule is CC1(C)C2CNCC2CN1S(=O)(=O)c1cn[nH]c1. The summed E-state index contributed by atoms with van der Waals surface area (Å²) in [5.41, 5.74) is -0.343. The largest absolute Gasteiger partial charge is 0.316 e. The number of aromatic nitrogens is 2. The van der Waals surface area contributed by atoms with Gasteiger partial charge in [0.2, 0.25) is 10.0 Å². The van der Waals surface area contributed by atoms with Gasteiger partial charge < -0.3 is 5.32 Å². The third-order valence-electron chi connectivity index (χ3n) is 4.35. The fourth-order valence-corrected chi connectivity index (χ4v) is 5.08. The van der Waals surface area contributed by atoms with Gasteiger partial charge in [-0.1, -0.05) is 0 Å². The number of hydrogen-bond acceptors (Lipinski definition) is 4. The van der Waals surface area contributed by atoms with Crippen LogP contribution in [0.15, 0.2) is 17.3 Å². The van der Waals surface area contributed by atoms with Crippen LogP contribution in [0, 0.1) is 11.8 Å². The molecule has 2 fully saturated rings. The van der Waals surface area contributed by atoms with Crippen LogP contribution in [0.5, 0.6) is 0 Å². The molecule has 0 aliphatic carbocycles. The molecule has 6 nitrogen and oxygen atoms in total. The minimum absolute atomic E-state index is 0.253. The van der Waals surface area contributed by atoms with Crippen molar-refractivity contribution in [2.24, 2.45) is 11.8 Å². The summed E-state index contributed by atoms with van der Waals surface area (Å²) in [5, 5.41) is 9.65. The fourth-order valence-electron chi connectivity index (χ4n) is 3.30. The van der Waals surface area contributed by atoms with E-state index in [0.29, 0.717) is 18.4 Å². The molecule has 0 aromatic carbocycles. The Hall–Kier alpha value is -0.920. The highest BCUT2D eigenvalue weighted by atomic mass is 32.2. The fraction of sp³-hybridized carbons (Fsp3) is 0.727. The van der Waals surface area contributed by atoms with Crippen LogP contribution in [0.4, 0.5) is 0 Å². The van der Waals surface area contributed by atoms with Crippen molar-refractivity contribution in [1.82, 2.24) is 19.8 Å². The Balaban J connectivity index is 1.99. The minimum Gasteiger partial charge on any atom is -0.316 e. The lowest BCUT2D eigenvalue weighted by atomic mass is 9.85. The van der Waals surface area contributed by atoms with Crippen molar-refractivity contribution in [3.8, 4) is 0 Å². The number of fused-ring (bicyclic) bond motifs is 1. The van der Waals surface area contributed by atoms with Gasteiger partial charge in [-0.3, -0.25) is 5.10 Å². The van der Waals surface area contributed by atoms with Crippen LogP contribution in [0.3, 0.4) is 0 Å². The number of nitrogens with one attached hydrogen (secondary N) is 2. The van der Waals surface area contributed by atoms with E-state index in [1.165, 1.54) is 12.4 Å². The van der Waals surface area contributed by atoms with E-state index in [1.54, 1.807) is 4.31 Å². The van der Waals surface area contributed by atoms with Gasteiger partial charge in [0, 0.05) is 24.8 Å². The van der Waals surface area contributed by atoms with Crippen LogP contribution >= 0.6 is 0 Å². The van der Waals surface area contributed by atoms with Crippen molar-refractivity contribution < 1.29 is 8.42 Å². The molecule has 1 aromatic rings.